The molecule has 0 amide bonds. The van der Waals surface area contributed by atoms with Crippen LogP contribution in [-0.4, -0.2) is 31.3 Å². The van der Waals surface area contributed by atoms with Gasteiger partial charge in [0.2, 0.25) is 0 Å². The molecule has 0 aliphatic heterocycles. The predicted molar refractivity (Wildman–Crippen MR) is 39.5 cm³/mol. The molecule has 0 bridgehead atoms. The lowest BCUT2D eigenvalue weighted by Gasteiger charge is -2.03. The summed E-state index contributed by atoms with van der Waals surface area (Å²) in [7, 11) is 0. The molecule has 6 nitrogen and oxygen atoms in total. The van der Waals surface area contributed by atoms with Gasteiger partial charge in [0.05, 0.1) is 0 Å². The minimum absolute atomic E-state index is 0.394. The third kappa shape index (κ3) is 1.41. The van der Waals surface area contributed by atoms with Crippen molar-refractivity contribution in [3.05, 3.63) is 5.82 Å². The van der Waals surface area contributed by atoms with E-state index in [0.29, 0.717) is 12.4 Å². The Morgan fingerprint density at radius 1 is 1.75 bits per heavy atom. The molecule has 1 atom stereocenters. The molecule has 1 aromatic rings. The van der Waals surface area contributed by atoms with Crippen LogP contribution in [0, 0.1) is 0 Å². The standard InChI is InChI=1S/C6H10N4O2/c1-3-10-5(7-8-9-10)4(2)6(11)12/h4H,3H2,1-2H3,(H,11,12). The molecule has 0 aliphatic carbocycles. The molecule has 0 saturated carbocycles. The Balaban J connectivity index is 2.93. The molecule has 1 heterocycles. The molecule has 0 radical (unpaired) electrons. The van der Waals surface area contributed by atoms with Gasteiger partial charge in [0.1, 0.15) is 5.92 Å². The van der Waals surface area contributed by atoms with Crippen molar-refractivity contribution in [1.82, 2.24) is 20.2 Å². The topological polar surface area (TPSA) is 80.9 Å². The van der Waals surface area contributed by atoms with Crippen molar-refractivity contribution in [1.29, 1.82) is 0 Å². The van der Waals surface area contributed by atoms with Gasteiger partial charge < -0.3 is 5.11 Å². The molecule has 1 N–H and O–H groups in total. The van der Waals surface area contributed by atoms with E-state index in [1.54, 1.807) is 6.92 Å². The minimum atomic E-state index is -0.917. The molecule has 0 spiro atoms. The highest BCUT2D eigenvalue weighted by Crippen LogP contribution is 2.10. The highest BCUT2D eigenvalue weighted by Gasteiger charge is 2.19. The molecular weight excluding hydrogens is 160 g/mol. The Kier molecular flexibility index (Phi) is 2.37. The van der Waals surface area contributed by atoms with Crippen LogP contribution in [0.5, 0.6) is 0 Å². The summed E-state index contributed by atoms with van der Waals surface area (Å²) in [5, 5.41) is 19.3. The first-order chi connectivity index (χ1) is 5.66. The maximum Gasteiger partial charge on any atom is 0.314 e. The number of carbonyl (C=O) groups is 1. The lowest BCUT2D eigenvalue weighted by Crippen LogP contribution is -2.14. The average Bonchev–Trinajstić information content (AvgIpc) is 2.49. The van der Waals surface area contributed by atoms with Crippen molar-refractivity contribution in [3.63, 3.8) is 0 Å². The zero-order valence-corrected chi connectivity index (χ0v) is 6.93. The molecule has 0 saturated heterocycles. The molecule has 0 fully saturated rings. The number of carboxylic acids is 1. The fourth-order valence-corrected chi connectivity index (χ4v) is 0.857. The number of aryl methyl sites for hydroxylation is 1. The summed E-state index contributed by atoms with van der Waals surface area (Å²) in [6.07, 6.45) is 0. The van der Waals surface area contributed by atoms with Gasteiger partial charge in [-0.25, -0.2) is 4.68 Å². The number of aliphatic carboxylic acids is 1. The van der Waals surface area contributed by atoms with E-state index in [4.69, 9.17) is 5.11 Å². The van der Waals surface area contributed by atoms with Gasteiger partial charge in [-0.2, -0.15) is 0 Å². The van der Waals surface area contributed by atoms with E-state index in [-0.39, 0.29) is 0 Å². The summed E-state index contributed by atoms with van der Waals surface area (Å²) in [5.41, 5.74) is 0. The fourth-order valence-electron chi connectivity index (χ4n) is 0.857. The van der Waals surface area contributed by atoms with Crippen LogP contribution in [-0.2, 0) is 11.3 Å². The summed E-state index contributed by atoms with van der Waals surface area (Å²) < 4.78 is 1.47. The third-order valence-corrected chi connectivity index (χ3v) is 1.62. The van der Waals surface area contributed by atoms with Crippen LogP contribution >= 0.6 is 0 Å². The van der Waals surface area contributed by atoms with E-state index >= 15 is 0 Å². The van der Waals surface area contributed by atoms with Crippen molar-refractivity contribution in [2.45, 2.75) is 26.3 Å². The van der Waals surface area contributed by atoms with Crippen LogP contribution in [0.4, 0.5) is 0 Å². The normalized spacial score (nSPS) is 12.8. The van der Waals surface area contributed by atoms with Crippen molar-refractivity contribution in [2.24, 2.45) is 0 Å². The summed E-state index contributed by atoms with van der Waals surface area (Å²) in [4.78, 5) is 10.6. The monoisotopic (exact) mass is 170 g/mol. The lowest BCUT2D eigenvalue weighted by molar-refractivity contribution is -0.138. The molecule has 0 aromatic carbocycles. The third-order valence-electron chi connectivity index (χ3n) is 1.62. The summed E-state index contributed by atoms with van der Waals surface area (Å²) >= 11 is 0. The largest absolute Gasteiger partial charge is 0.481 e. The maximum absolute atomic E-state index is 10.6. The zero-order chi connectivity index (χ0) is 9.14. The highest BCUT2D eigenvalue weighted by atomic mass is 16.4. The minimum Gasteiger partial charge on any atom is -0.481 e. The predicted octanol–water partition coefficient (Wildman–Crippen LogP) is -0.119. The Hall–Kier alpha value is -1.46. The summed E-state index contributed by atoms with van der Waals surface area (Å²) in [6.45, 7) is 3.99. The number of rotatable bonds is 3. The second-order valence-electron chi connectivity index (χ2n) is 2.41. The van der Waals surface area contributed by atoms with Gasteiger partial charge in [-0.1, -0.05) is 0 Å². The van der Waals surface area contributed by atoms with Gasteiger partial charge in [0.25, 0.3) is 0 Å². The first-order valence-electron chi connectivity index (χ1n) is 3.65. The molecule has 1 unspecified atom stereocenters. The van der Waals surface area contributed by atoms with E-state index in [1.165, 1.54) is 4.68 Å². The number of tetrazole rings is 1. The zero-order valence-electron chi connectivity index (χ0n) is 6.93. The van der Waals surface area contributed by atoms with Gasteiger partial charge in [-0.15, -0.1) is 5.10 Å². The van der Waals surface area contributed by atoms with Crippen LogP contribution in [0.1, 0.15) is 25.6 Å². The fraction of sp³-hybridized carbons (Fsp3) is 0.667. The van der Waals surface area contributed by atoms with E-state index in [2.05, 4.69) is 15.5 Å². The smallest absolute Gasteiger partial charge is 0.314 e. The van der Waals surface area contributed by atoms with Gasteiger partial charge in [0, 0.05) is 6.54 Å². The Morgan fingerprint density at radius 2 is 2.42 bits per heavy atom. The number of aromatic nitrogens is 4. The van der Waals surface area contributed by atoms with Crippen molar-refractivity contribution >= 4 is 5.97 Å². The Morgan fingerprint density at radius 3 is 2.92 bits per heavy atom. The van der Waals surface area contributed by atoms with E-state index in [1.807, 2.05) is 6.92 Å². The first kappa shape index (κ1) is 8.63. The van der Waals surface area contributed by atoms with Gasteiger partial charge in [0.15, 0.2) is 5.82 Å². The summed E-state index contributed by atoms with van der Waals surface area (Å²) in [5.74, 6) is -1.18. The first-order valence-corrected chi connectivity index (χ1v) is 3.65. The molecule has 1 aromatic heterocycles. The van der Waals surface area contributed by atoms with E-state index in [0.717, 1.165) is 0 Å². The Bertz CT molecular complexity index is 283. The highest BCUT2D eigenvalue weighted by molar-refractivity contribution is 5.74. The van der Waals surface area contributed by atoms with Gasteiger partial charge in [-0.05, 0) is 24.3 Å². The molecule has 12 heavy (non-hydrogen) atoms. The Labute approximate surface area is 69.2 Å². The number of hydrogen-bond acceptors (Lipinski definition) is 4. The molecular formula is C6H10N4O2. The van der Waals surface area contributed by atoms with Crippen molar-refractivity contribution in [3.8, 4) is 0 Å². The van der Waals surface area contributed by atoms with Crippen LogP contribution in [0.25, 0.3) is 0 Å². The van der Waals surface area contributed by atoms with Gasteiger partial charge >= 0.3 is 5.97 Å². The van der Waals surface area contributed by atoms with Crippen LogP contribution in [0.15, 0.2) is 0 Å². The van der Waals surface area contributed by atoms with Crippen molar-refractivity contribution in [2.75, 3.05) is 0 Å². The number of carboxylic acid groups (broad SMARTS) is 1. The molecule has 0 aliphatic rings. The molecule has 1 rings (SSSR count). The summed E-state index contributed by atoms with van der Waals surface area (Å²) in [6, 6.07) is 0. The lowest BCUT2D eigenvalue weighted by atomic mass is 10.2. The quantitative estimate of drug-likeness (QED) is 0.684. The maximum atomic E-state index is 10.6. The second kappa shape index (κ2) is 3.29. The van der Waals surface area contributed by atoms with Gasteiger partial charge in [-0.3, -0.25) is 4.79 Å². The SMILES string of the molecule is CCn1nnnc1C(C)C(=O)O. The molecule has 66 valence electrons. The van der Waals surface area contributed by atoms with Crippen LogP contribution in [0.2, 0.25) is 0 Å². The second-order valence-corrected chi connectivity index (χ2v) is 2.41. The molecule has 6 heteroatoms. The van der Waals surface area contributed by atoms with Crippen LogP contribution < -0.4 is 0 Å². The average molecular weight is 170 g/mol. The van der Waals surface area contributed by atoms with E-state index in [9.17, 15) is 4.79 Å². The number of nitrogens with zero attached hydrogens (tertiary/aromatic N) is 4. The van der Waals surface area contributed by atoms with Crippen LogP contribution in [0.3, 0.4) is 0 Å². The number of hydrogen-bond donors (Lipinski definition) is 1. The van der Waals surface area contributed by atoms with Crippen molar-refractivity contribution < 1.29 is 9.90 Å². The van der Waals surface area contributed by atoms with E-state index < -0.39 is 11.9 Å².